The van der Waals surface area contributed by atoms with Gasteiger partial charge in [0.1, 0.15) is 12.1 Å². The van der Waals surface area contributed by atoms with Crippen LogP contribution in [0.1, 0.15) is 16.7 Å². The molecule has 0 radical (unpaired) electrons. The number of fused-ring (bicyclic) bond motifs is 1. The minimum absolute atomic E-state index is 0.122. The van der Waals surface area contributed by atoms with E-state index in [-0.39, 0.29) is 5.75 Å². The van der Waals surface area contributed by atoms with E-state index in [0.29, 0.717) is 16.9 Å². The molecular weight excluding hydrogens is 343 g/mol. The van der Waals surface area contributed by atoms with E-state index in [1.807, 2.05) is 25.2 Å². The number of rotatable bonds is 5. The van der Waals surface area contributed by atoms with Crippen LogP contribution in [-0.4, -0.2) is 24.4 Å². The van der Waals surface area contributed by atoms with E-state index in [9.17, 15) is 22.8 Å². The van der Waals surface area contributed by atoms with E-state index in [1.165, 1.54) is 6.07 Å². The quantitative estimate of drug-likeness (QED) is 0.832. The Hall–Kier alpha value is -1.96. The summed E-state index contributed by atoms with van der Waals surface area (Å²) in [4.78, 5) is 23.0. The van der Waals surface area contributed by atoms with E-state index in [0.717, 1.165) is 28.3 Å². The van der Waals surface area contributed by atoms with Crippen LogP contribution in [0.4, 0.5) is 13.2 Å². The number of hydrogen-bond acceptors (Lipinski definition) is 4. The summed E-state index contributed by atoms with van der Waals surface area (Å²) in [5.74, 6) is -0.496. The zero-order valence-corrected chi connectivity index (χ0v) is 13.9. The highest BCUT2D eigenvalue weighted by atomic mass is 32.2. The number of thioether (sulfide) groups is 1. The molecule has 24 heavy (non-hydrogen) atoms. The number of nitrogens with one attached hydrogen (secondary N) is 1. The summed E-state index contributed by atoms with van der Waals surface area (Å²) >= 11 is 1.14. The van der Waals surface area contributed by atoms with Gasteiger partial charge in [-0.1, -0.05) is 0 Å². The molecule has 1 aromatic heterocycles. The summed E-state index contributed by atoms with van der Waals surface area (Å²) < 4.78 is 41.2. The Morgan fingerprint density at radius 1 is 1.21 bits per heavy atom. The third-order valence-electron chi connectivity index (χ3n) is 3.42. The molecule has 1 amide bonds. The Bertz CT molecular complexity index is 815. The van der Waals surface area contributed by atoms with Crippen LogP contribution >= 0.6 is 11.8 Å². The fourth-order valence-corrected chi connectivity index (χ4v) is 2.95. The molecule has 0 unspecified atom stereocenters. The Morgan fingerprint density at radius 2 is 1.88 bits per heavy atom. The van der Waals surface area contributed by atoms with Gasteiger partial charge in [0.15, 0.2) is 0 Å². The van der Waals surface area contributed by atoms with Gasteiger partial charge in [0.2, 0.25) is 5.91 Å². The largest absolute Gasteiger partial charge is 0.423 e. The Balaban J connectivity index is 2.06. The molecule has 0 saturated heterocycles. The minimum atomic E-state index is -4.43. The van der Waals surface area contributed by atoms with E-state index in [4.69, 9.17) is 4.42 Å². The van der Waals surface area contributed by atoms with Gasteiger partial charge in [0, 0.05) is 17.2 Å². The number of carbonyl (C=O) groups is 1. The summed E-state index contributed by atoms with van der Waals surface area (Å²) in [6, 6.07) is 5.02. The Labute approximate surface area is 140 Å². The van der Waals surface area contributed by atoms with Gasteiger partial charge in [-0.15, -0.1) is 11.8 Å². The number of benzene rings is 1. The number of amides is 1. The van der Waals surface area contributed by atoms with Crippen LogP contribution in [0.2, 0.25) is 0 Å². The maximum absolute atomic E-state index is 12.0. The lowest BCUT2D eigenvalue weighted by molar-refractivity contribution is -0.136. The third kappa shape index (κ3) is 5.02. The fourth-order valence-electron chi connectivity index (χ4n) is 2.11. The number of aryl methyl sites for hydroxylation is 2. The standard InChI is InChI=1S/C16H16F3NO3S/c1-9-3-12-11(5-15(22)23-13(12)4-10(9)2)6-24-7-14(21)20-8-16(17,18)19/h3-5H,6-8H2,1-2H3,(H,20,21). The maximum Gasteiger partial charge on any atom is 0.405 e. The monoisotopic (exact) mass is 359 g/mol. The van der Waals surface area contributed by atoms with Crippen molar-refractivity contribution in [2.45, 2.75) is 25.8 Å². The average molecular weight is 359 g/mol. The summed E-state index contributed by atoms with van der Waals surface area (Å²) in [5, 5.41) is 2.57. The van der Waals surface area contributed by atoms with Crippen LogP contribution in [-0.2, 0) is 10.5 Å². The predicted octanol–water partition coefficient (Wildman–Crippen LogP) is 3.32. The van der Waals surface area contributed by atoms with E-state index < -0.39 is 24.3 Å². The first kappa shape index (κ1) is 18.4. The van der Waals surface area contributed by atoms with Crippen molar-refractivity contribution < 1.29 is 22.4 Å². The normalized spacial score (nSPS) is 11.7. The van der Waals surface area contributed by atoms with Crippen LogP contribution < -0.4 is 10.9 Å². The number of halogens is 3. The molecule has 4 nitrogen and oxygen atoms in total. The Kier molecular flexibility index (Phi) is 5.58. The van der Waals surface area contributed by atoms with Crippen molar-refractivity contribution in [3.8, 4) is 0 Å². The second-order valence-electron chi connectivity index (χ2n) is 5.41. The molecular formula is C16H16F3NO3S. The van der Waals surface area contributed by atoms with Crippen molar-refractivity contribution in [2.75, 3.05) is 12.3 Å². The van der Waals surface area contributed by atoms with Crippen molar-refractivity contribution in [2.24, 2.45) is 0 Å². The van der Waals surface area contributed by atoms with Crippen LogP contribution in [0, 0.1) is 13.8 Å². The van der Waals surface area contributed by atoms with Gasteiger partial charge in [-0.3, -0.25) is 4.79 Å². The lowest BCUT2D eigenvalue weighted by atomic mass is 10.0. The molecule has 2 aromatic rings. The lowest BCUT2D eigenvalue weighted by Crippen LogP contribution is -2.34. The molecule has 0 saturated carbocycles. The highest BCUT2D eigenvalue weighted by Gasteiger charge is 2.27. The van der Waals surface area contributed by atoms with Crippen molar-refractivity contribution in [3.05, 3.63) is 45.3 Å². The number of carbonyl (C=O) groups excluding carboxylic acids is 1. The van der Waals surface area contributed by atoms with Gasteiger partial charge >= 0.3 is 11.8 Å². The van der Waals surface area contributed by atoms with Crippen molar-refractivity contribution >= 4 is 28.6 Å². The van der Waals surface area contributed by atoms with Crippen molar-refractivity contribution in [3.63, 3.8) is 0 Å². The topological polar surface area (TPSA) is 59.3 Å². The SMILES string of the molecule is Cc1cc2oc(=O)cc(CSCC(=O)NCC(F)(F)F)c2cc1C. The van der Waals surface area contributed by atoms with Gasteiger partial charge in [0.25, 0.3) is 0 Å². The molecule has 8 heteroatoms. The molecule has 0 spiro atoms. The molecule has 0 atom stereocenters. The summed E-state index contributed by atoms with van der Waals surface area (Å²) in [6.45, 7) is 2.49. The molecule has 1 N–H and O–H groups in total. The summed E-state index contributed by atoms with van der Waals surface area (Å²) in [5.41, 5.74) is 2.68. The molecule has 0 fully saturated rings. The highest BCUT2D eigenvalue weighted by Crippen LogP contribution is 2.24. The first-order valence-electron chi connectivity index (χ1n) is 7.11. The zero-order valence-electron chi connectivity index (χ0n) is 13.1. The first-order valence-corrected chi connectivity index (χ1v) is 8.26. The minimum Gasteiger partial charge on any atom is -0.423 e. The molecule has 1 heterocycles. The second kappa shape index (κ2) is 7.29. The molecule has 0 aliphatic rings. The van der Waals surface area contributed by atoms with Gasteiger partial charge in [0.05, 0.1) is 5.75 Å². The lowest BCUT2D eigenvalue weighted by Gasteiger charge is -2.09. The third-order valence-corrected chi connectivity index (χ3v) is 4.40. The zero-order chi connectivity index (χ0) is 17.9. The molecule has 0 aliphatic heterocycles. The number of alkyl halides is 3. The summed E-state index contributed by atoms with van der Waals surface area (Å²) in [6.07, 6.45) is -4.43. The molecule has 130 valence electrons. The fraction of sp³-hybridized carbons (Fsp3) is 0.375. The van der Waals surface area contributed by atoms with E-state index in [2.05, 4.69) is 0 Å². The highest BCUT2D eigenvalue weighted by molar-refractivity contribution is 7.99. The van der Waals surface area contributed by atoms with Crippen LogP contribution in [0.5, 0.6) is 0 Å². The second-order valence-corrected chi connectivity index (χ2v) is 6.39. The molecule has 2 rings (SSSR count). The van der Waals surface area contributed by atoms with Crippen LogP contribution in [0.3, 0.4) is 0 Å². The van der Waals surface area contributed by atoms with Gasteiger partial charge < -0.3 is 9.73 Å². The van der Waals surface area contributed by atoms with Gasteiger partial charge in [-0.2, -0.15) is 13.2 Å². The Morgan fingerprint density at radius 3 is 2.54 bits per heavy atom. The molecule has 0 aliphatic carbocycles. The smallest absolute Gasteiger partial charge is 0.405 e. The summed E-state index contributed by atoms with van der Waals surface area (Å²) in [7, 11) is 0. The van der Waals surface area contributed by atoms with Crippen molar-refractivity contribution in [1.29, 1.82) is 0 Å². The maximum atomic E-state index is 12.0. The van der Waals surface area contributed by atoms with E-state index >= 15 is 0 Å². The van der Waals surface area contributed by atoms with Crippen LogP contribution in [0.15, 0.2) is 27.4 Å². The van der Waals surface area contributed by atoms with Crippen molar-refractivity contribution in [1.82, 2.24) is 5.32 Å². The molecule has 0 bridgehead atoms. The predicted molar refractivity (Wildman–Crippen MR) is 87.2 cm³/mol. The van der Waals surface area contributed by atoms with Gasteiger partial charge in [-0.05, 0) is 42.7 Å². The van der Waals surface area contributed by atoms with Gasteiger partial charge in [-0.25, -0.2) is 4.79 Å². The first-order chi connectivity index (χ1) is 11.2. The van der Waals surface area contributed by atoms with Crippen LogP contribution in [0.25, 0.3) is 11.0 Å². The average Bonchev–Trinajstić information content (AvgIpc) is 2.46. The van der Waals surface area contributed by atoms with E-state index in [1.54, 1.807) is 6.07 Å². The number of hydrogen-bond donors (Lipinski definition) is 1. The molecule has 1 aromatic carbocycles.